The third kappa shape index (κ3) is 5.32. The summed E-state index contributed by atoms with van der Waals surface area (Å²) in [5.41, 5.74) is 3.44. The molecular formula is C20H25FN2O. The molecule has 0 fully saturated rings. The van der Waals surface area contributed by atoms with Crippen LogP contribution < -0.4 is 5.32 Å². The Morgan fingerprint density at radius 2 is 1.79 bits per heavy atom. The van der Waals surface area contributed by atoms with Crippen molar-refractivity contribution in [1.82, 2.24) is 10.3 Å². The highest BCUT2D eigenvalue weighted by molar-refractivity contribution is 5.91. The van der Waals surface area contributed by atoms with Gasteiger partial charge in [-0.2, -0.15) is 0 Å². The molecule has 0 amide bonds. The van der Waals surface area contributed by atoms with E-state index in [1.807, 2.05) is 39.1 Å². The molecule has 0 unspecified atom stereocenters. The molecule has 128 valence electrons. The minimum Gasteiger partial charge on any atom is -0.352 e. The highest BCUT2D eigenvalue weighted by Crippen LogP contribution is 2.21. The normalized spacial score (nSPS) is 9.54. The fraction of sp³-hybridized carbons (Fsp3) is 0.250. The Bertz CT molecular complexity index is 751. The first kappa shape index (κ1) is 19.6. The predicted octanol–water partition coefficient (Wildman–Crippen LogP) is 4.86. The van der Waals surface area contributed by atoms with Gasteiger partial charge in [-0.05, 0) is 43.3 Å². The monoisotopic (exact) mass is 328 g/mol. The summed E-state index contributed by atoms with van der Waals surface area (Å²) in [5.74, 6) is -0.285. The topological polar surface area (TPSA) is 44.9 Å². The van der Waals surface area contributed by atoms with Crippen LogP contribution in [0.4, 0.5) is 4.39 Å². The van der Waals surface area contributed by atoms with Crippen molar-refractivity contribution in [3.8, 4) is 0 Å². The lowest BCUT2D eigenvalue weighted by molar-refractivity contribution is 0.111. The van der Waals surface area contributed by atoms with E-state index in [2.05, 4.69) is 22.4 Å². The van der Waals surface area contributed by atoms with Crippen LogP contribution >= 0.6 is 0 Å². The van der Waals surface area contributed by atoms with E-state index in [9.17, 15) is 9.18 Å². The second kappa shape index (κ2) is 10.3. The number of nitrogens with one attached hydrogen (secondary N) is 2. The molecule has 0 radical (unpaired) electrons. The minimum atomic E-state index is -0.285. The Balaban J connectivity index is 0.000000230. The van der Waals surface area contributed by atoms with Crippen molar-refractivity contribution in [3.63, 3.8) is 0 Å². The summed E-state index contributed by atoms with van der Waals surface area (Å²) in [4.78, 5) is 13.5. The summed E-state index contributed by atoms with van der Waals surface area (Å²) in [6, 6.07) is 14.8. The van der Waals surface area contributed by atoms with Crippen molar-refractivity contribution in [2.45, 2.75) is 27.3 Å². The van der Waals surface area contributed by atoms with Gasteiger partial charge in [0.15, 0.2) is 6.29 Å². The Labute approximate surface area is 142 Å². The van der Waals surface area contributed by atoms with Crippen LogP contribution in [0.5, 0.6) is 0 Å². The minimum absolute atomic E-state index is 0.285. The zero-order chi connectivity index (χ0) is 17.9. The predicted molar refractivity (Wildman–Crippen MR) is 98.9 cm³/mol. The number of halogens is 1. The van der Waals surface area contributed by atoms with E-state index in [1.165, 1.54) is 17.7 Å². The number of H-pyrrole nitrogens is 1. The quantitative estimate of drug-likeness (QED) is 0.674. The smallest absolute Gasteiger partial charge is 0.166 e. The van der Waals surface area contributed by atoms with E-state index in [0.29, 0.717) is 5.69 Å². The van der Waals surface area contributed by atoms with Crippen molar-refractivity contribution in [1.29, 1.82) is 0 Å². The van der Waals surface area contributed by atoms with E-state index in [1.54, 1.807) is 13.0 Å². The van der Waals surface area contributed by atoms with Crippen molar-refractivity contribution >= 4 is 17.2 Å². The van der Waals surface area contributed by atoms with Crippen molar-refractivity contribution in [3.05, 3.63) is 71.2 Å². The van der Waals surface area contributed by atoms with Gasteiger partial charge in [-0.3, -0.25) is 4.79 Å². The number of carbonyl (C=O) groups excluding carboxylic acids is 1. The van der Waals surface area contributed by atoms with Crippen LogP contribution in [0.1, 0.15) is 35.5 Å². The lowest BCUT2D eigenvalue weighted by atomic mass is 10.1. The van der Waals surface area contributed by atoms with Gasteiger partial charge in [-0.1, -0.05) is 44.2 Å². The highest BCUT2D eigenvalue weighted by atomic mass is 19.1. The first-order chi connectivity index (χ1) is 11.7. The Morgan fingerprint density at radius 3 is 2.38 bits per heavy atom. The van der Waals surface area contributed by atoms with Crippen LogP contribution in [0.25, 0.3) is 10.9 Å². The molecule has 0 aliphatic heterocycles. The Morgan fingerprint density at radius 1 is 1.12 bits per heavy atom. The number of carbonyl (C=O) groups is 1. The highest BCUT2D eigenvalue weighted by Gasteiger charge is 2.06. The molecule has 3 aromatic rings. The fourth-order valence-corrected chi connectivity index (χ4v) is 2.24. The van der Waals surface area contributed by atoms with Gasteiger partial charge in [-0.25, -0.2) is 4.39 Å². The van der Waals surface area contributed by atoms with Gasteiger partial charge in [-0.15, -0.1) is 0 Å². The van der Waals surface area contributed by atoms with Gasteiger partial charge in [0.2, 0.25) is 0 Å². The van der Waals surface area contributed by atoms with E-state index >= 15 is 0 Å². The molecule has 3 nitrogen and oxygen atoms in total. The van der Waals surface area contributed by atoms with E-state index in [-0.39, 0.29) is 5.82 Å². The number of benzene rings is 2. The summed E-state index contributed by atoms with van der Waals surface area (Å²) in [7, 11) is 1.95. The van der Waals surface area contributed by atoms with Gasteiger partial charge in [0, 0.05) is 17.4 Å². The second-order valence-electron chi connectivity index (χ2n) is 4.99. The number of aromatic nitrogens is 1. The molecule has 1 heterocycles. The lowest BCUT2D eigenvalue weighted by Gasteiger charge is -1.95. The van der Waals surface area contributed by atoms with Crippen LogP contribution in [0, 0.1) is 12.7 Å². The molecule has 0 saturated heterocycles. The molecule has 0 saturated carbocycles. The Kier molecular flexibility index (Phi) is 8.44. The summed E-state index contributed by atoms with van der Waals surface area (Å²) >= 11 is 0. The number of aromatic amines is 1. The third-order valence-electron chi connectivity index (χ3n) is 3.40. The summed E-state index contributed by atoms with van der Waals surface area (Å²) in [6.45, 7) is 6.75. The van der Waals surface area contributed by atoms with Crippen molar-refractivity contribution in [2.75, 3.05) is 7.05 Å². The maximum Gasteiger partial charge on any atom is 0.166 e. The molecule has 2 aromatic carbocycles. The molecule has 4 heteroatoms. The average molecular weight is 328 g/mol. The van der Waals surface area contributed by atoms with Crippen LogP contribution in [0.15, 0.2) is 48.5 Å². The number of hydrogen-bond acceptors (Lipinski definition) is 2. The first-order valence-electron chi connectivity index (χ1n) is 8.07. The molecule has 0 aliphatic carbocycles. The second-order valence-corrected chi connectivity index (χ2v) is 4.99. The molecule has 24 heavy (non-hydrogen) atoms. The maximum atomic E-state index is 12.8. The first-order valence-corrected chi connectivity index (χ1v) is 8.07. The van der Waals surface area contributed by atoms with Crippen LogP contribution in [-0.2, 0) is 6.54 Å². The van der Waals surface area contributed by atoms with Crippen LogP contribution in [-0.4, -0.2) is 18.3 Å². The molecule has 0 aliphatic rings. The standard InChI is InChI=1S/C10H8FNO.C8H11N.C2H6/c1-6-8-4-7(11)2-3-9(8)12-10(6)5-13;1-9-7-8-5-3-2-4-6-8;1-2/h2-5,12H,1H3;2-6,9H,7H2,1H3;1-2H3. The average Bonchev–Trinajstić information content (AvgIpc) is 2.94. The summed E-state index contributed by atoms with van der Waals surface area (Å²) in [5, 5.41) is 3.85. The van der Waals surface area contributed by atoms with E-state index in [0.717, 1.165) is 29.3 Å². The van der Waals surface area contributed by atoms with E-state index < -0.39 is 0 Å². The van der Waals surface area contributed by atoms with Crippen molar-refractivity contribution < 1.29 is 9.18 Å². The van der Waals surface area contributed by atoms with Gasteiger partial charge in [0.1, 0.15) is 5.82 Å². The molecule has 3 rings (SSSR count). The number of aryl methyl sites for hydroxylation is 1. The molecule has 1 aromatic heterocycles. The largest absolute Gasteiger partial charge is 0.352 e. The molecule has 0 spiro atoms. The molecular weight excluding hydrogens is 303 g/mol. The number of aldehydes is 1. The van der Waals surface area contributed by atoms with Gasteiger partial charge >= 0.3 is 0 Å². The summed E-state index contributed by atoms with van der Waals surface area (Å²) < 4.78 is 12.8. The molecule has 0 bridgehead atoms. The maximum absolute atomic E-state index is 12.8. The number of fused-ring (bicyclic) bond motifs is 1. The Hall–Kier alpha value is -2.46. The zero-order valence-corrected chi connectivity index (χ0v) is 14.7. The number of rotatable bonds is 3. The fourth-order valence-electron chi connectivity index (χ4n) is 2.24. The van der Waals surface area contributed by atoms with Gasteiger partial charge in [0.25, 0.3) is 0 Å². The molecule has 2 N–H and O–H groups in total. The van der Waals surface area contributed by atoms with Crippen molar-refractivity contribution in [2.24, 2.45) is 0 Å². The third-order valence-corrected chi connectivity index (χ3v) is 3.40. The van der Waals surface area contributed by atoms with Gasteiger partial charge < -0.3 is 10.3 Å². The van der Waals surface area contributed by atoms with E-state index in [4.69, 9.17) is 0 Å². The zero-order valence-electron chi connectivity index (χ0n) is 14.7. The number of hydrogen-bond donors (Lipinski definition) is 2. The SMILES string of the molecule is CC.CNCc1ccccc1.Cc1c(C=O)[nH]c2ccc(F)cc12. The molecule has 0 atom stereocenters. The lowest BCUT2D eigenvalue weighted by Crippen LogP contribution is -2.04. The van der Waals surface area contributed by atoms with Crippen LogP contribution in [0.3, 0.4) is 0 Å². The van der Waals surface area contributed by atoms with Gasteiger partial charge in [0.05, 0.1) is 5.69 Å². The summed E-state index contributed by atoms with van der Waals surface area (Å²) in [6.07, 6.45) is 0.743. The van der Waals surface area contributed by atoms with Crippen LogP contribution in [0.2, 0.25) is 0 Å².